The van der Waals surface area contributed by atoms with Gasteiger partial charge in [0.25, 0.3) is 0 Å². The summed E-state index contributed by atoms with van der Waals surface area (Å²) in [6, 6.07) is 1.38. The second-order valence-electron chi connectivity index (χ2n) is 4.90. The van der Waals surface area contributed by atoms with E-state index in [1.54, 1.807) is 0 Å². The van der Waals surface area contributed by atoms with Crippen LogP contribution in [0.25, 0.3) is 0 Å². The van der Waals surface area contributed by atoms with Crippen LogP contribution in [0.1, 0.15) is 38.5 Å². The molecule has 0 aromatic carbocycles. The molecule has 0 radical (unpaired) electrons. The lowest BCUT2D eigenvalue weighted by atomic mass is 10.1. The van der Waals surface area contributed by atoms with Gasteiger partial charge in [0, 0.05) is 25.2 Å². The Balaban J connectivity index is 1.95. The summed E-state index contributed by atoms with van der Waals surface area (Å²) in [4.78, 5) is 2.67. The van der Waals surface area contributed by atoms with Crippen molar-refractivity contribution in [3.8, 4) is 0 Å². The van der Waals surface area contributed by atoms with Crippen LogP contribution in [0.5, 0.6) is 0 Å². The first-order valence-corrected chi connectivity index (χ1v) is 6.49. The highest BCUT2D eigenvalue weighted by Gasteiger charge is 2.28. The van der Waals surface area contributed by atoms with Gasteiger partial charge in [-0.15, -0.1) is 0 Å². The van der Waals surface area contributed by atoms with Crippen LogP contribution in [0.3, 0.4) is 0 Å². The van der Waals surface area contributed by atoms with Gasteiger partial charge in [0.1, 0.15) is 0 Å². The fourth-order valence-electron chi connectivity index (χ4n) is 3.09. The van der Waals surface area contributed by atoms with Crippen LogP contribution in [0.4, 0.5) is 0 Å². The molecule has 2 fully saturated rings. The van der Waals surface area contributed by atoms with Crippen molar-refractivity contribution in [2.45, 2.75) is 50.6 Å². The Hall–Kier alpha value is -0.120. The molecule has 1 heterocycles. The van der Waals surface area contributed by atoms with E-state index in [9.17, 15) is 0 Å². The smallest absolute Gasteiger partial charge is 0.0446 e. The van der Waals surface area contributed by atoms with Crippen molar-refractivity contribution in [1.82, 2.24) is 10.2 Å². The molecule has 0 aromatic rings. The molecule has 1 saturated carbocycles. The van der Waals surface area contributed by atoms with Crippen molar-refractivity contribution >= 4 is 0 Å². The Morgan fingerprint density at radius 2 is 2.00 bits per heavy atom. The third-order valence-corrected chi connectivity index (χ3v) is 3.87. The van der Waals surface area contributed by atoms with Gasteiger partial charge >= 0.3 is 0 Å². The standard InChI is InChI=1S/C12H24N2O/c15-9-6-12-10-13-7-3-8-14(12)11-4-1-2-5-11/h11-13,15H,1-10H2. The average molecular weight is 212 g/mol. The summed E-state index contributed by atoms with van der Waals surface area (Å²) in [5.74, 6) is 0. The van der Waals surface area contributed by atoms with Crippen LogP contribution in [-0.2, 0) is 0 Å². The zero-order valence-corrected chi connectivity index (χ0v) is 9.62. The molecule has 1 aliphatic carbocycles. The SMILES string of the molecule is OCCC1CNCCCN1C1CCCC1. The summed E-state index contributed by atoms with van der Waals surface area (Å²) in [6.07, 6.45) is 7.76. The Bertz CT molecular complexity index is 180. The minimum Gasteiger partial charge on any atom is -0.396 e. The summed E-state index contributed by atoms with van der Waals surface area (Å²) in [5, 5.41) is 12.6. The van der Waals surface area contributed by atoms with Crippen molar-refractivity contribution in [3.05, 3.63) is 0 Å². The lowest BCUT2D eigenvalue weighted by Crippen LogP contribution is -2.45. The first kappa shape index (κ1) is 11.4. The first-order valence-electron chi connectivity index (χ1n) is 6.49. The Morgan fingerprint density at radius 3 is 2.73 bits per heavy atom. The van der Waals surface area contributed by atoms with Crippen LogP contribution in [-0.4, -0.2) is 48.3 Å². The molecule has 1 saturated heterocycles. The molecule has 2 N–H and O–H groups in total. The van der Waals surface area contributed by atoms with Crippen molar-refractivity contribution in [2.75, 3.05) is 26.2 Å². The van der Waals surface area contributed by atoms with E-state index in [0.717, 1.165) is 25.6 Å². The van der Waals surface area contributed by atoms with Crippen LogP contribution in [0, 0.1) is 0 Å². The first-order chi connectivity index (χ1) is 7.42. The predicted molar refractivity (Wildman–Crippen MR) is 61.9 cm³/mol. The molecule has 1 aliphatic heterocycles. The summed E-state index contributed by atoms with van der Waals surface area (Å²) in [5.41, 5.74) is 0. The molecule has 88 valence electrons. The largest absolute Gasteiger partial charge is 0.396 e. The molecular weight excluding hydrogens is 188 g/mol. The highest BCUT2D eigenvalue weighted by Crippen LogP contribution is 2.26. The molecule has 0 spiro atoms. The van der Waals surface area contributed by atoms with E-state index in [1.807, 2.05) is 0 Å². The summed E-state index contributed by atoms with van der Waals surface area (Å²) in [7, 11) is 0. The second kappa shape index (κ2) is 5.83. The van der Waals surface area contributed by atoms with E-state index >= 15 is 0 Å². The number of hydrogen-bond acceptors (Lipinski definition) is 3. The normalized spacial score (nSPS) is 30.6. The van der Waals surface area contributed by atoms with Crippen LogP contribution < -0.4 is 5.32 Å². The quantitative estimate of drug-likeness (QED) is 0.732. The molecule has 1 atom stereocenters. The van der Waals surface area contributed by atoms with Crippen LogP contribution in [0.15, 0.2) is 0 Å². The van der Waals surface area contributed by atoms with Crippen molar-refractivity contribution < 1.29 is 5.11 Å². The van der Waals surface area contributed by atoms with Crippen LogP contribution >= 0.6 is 0 Å². The minimum atomic E-state index is 0.329. The van der Waals surface area contributed by atoms with E-state index < -0.39 is 0 Å². The van der Waals surface area contributed by atoms with Gasteiger partial charge in [-0.3, -0.25) is 4.90 Å². The Morgan fingerprint density at radius 1 is 1.20 bits per heavy atom. The summed E-state index contributed by atoms with van der Waals surface area (Å²) < 4.78 is 0. The minimum absolute atomic E-state index is 0.329. The monoisotopic (exact) mass is 212 g/mol. The highest BCUT2D eigenvalue weighted by molar-refractivity contribution is 4.85. The molecule has 2 aliphatic rings. The van der Waals surface area contributed by atoms with E-state index in [0.29, 0.717) is 12.6 Å². The van der Waals surface area contributed by atoms with Crippen molar-refractivity contribution in [1.29, 1.82) is 0 Å². The molecule has 1 unspecified atom stereocenters. The van der Waals surface area contributed by atoms with Gasteiger partial charge in [0.15, 0.2) is 0 Å². The zero-order valence-electron chi connectivity index (χ0n) is 9.62. The van der Waals surface area contributed by atoms with E-state index in [-0.39, 0.29) is 0 Å². The van der Waals surface area contributed by atoms with Crippen LogP contribution in [0.2, 0.25) is 0 Å². The second-order valence-corrected chi connectivity index (χ2v) is 4.90. The fraction of sp³-hybridized carbons (Fsp3) is 1.00. The third kappa shape index (κ3) is 2.92. The Kier molecular flexibility index (Phi) is 4.42. The molecular formula is C12H24N2O. The molecule has 0 aromatic heterocycles. The lowest BCUT2D eigenvalue weighted by Gasteiger charge is -2.34. The maximum Gasteiger partial charge on any atom is 0.0446 e. The molecule has 0 amide bonds. The number of aliphatic hydroxyl groups excluding tert-OH is 1. The molecule has 15 heavy (non-hydrogen) atoms. The lowest BCUT2D eigenvalue weighted by molar-refractivity contribution is 0.120. The summed E-state index contributed by atoms with van der Waals surface area (Å²) in [6.45, 7) is 3.76. The van der Waals surface area contributed by atoms with Gasteiger partial charge in [-0.2, -0.15) is 0 Å². The van der Waals surface area contributed by atoms with Crippen molar-refractivity contribution in [3.63, 3.8) is 0 Å². The van der Waals surface area contributed by atoms with E-state index in [4.69, 9.17) is 5.11 Å². The molecule has 2 rings (SSSR count). The maximum atomic E-state index is 9.12. The van der Waals surface area contributed by atoms with Gasteiger partial charge in [0.2, 0.25) is 0 Å². The van der Waals surface area contributed by atoms with Gasteiger partial charge < -0.3 is 10.4 Å². The molecule has 3 heteroatoms. The van der Waals surface area contributed by atoms with Gasteiger partial charge in [-0.1, -0.05) is 12.8 Å². The highest BCUT2D eigenvalue weighted by atomic mass is 16.3. The third-order valence-electron chi connectivity index (χ3n) is 3.87. The number of aliphatic hydroxyl groups is 1. The van der Waals surface area contributed by atoms with Gasteiger partial charge in [-0.25, -0.2) is 0 Å². The molecule has 0 bridgehead atoms. The number of nitrogens with one attached hydrogen (secondary N) is 1. The van der Waals surface area contributed by atoms with E-state index in [1.165, 1.54) is 38.6 Å². The average Bonchev–Trinajstić information content (AvgIpc) is 2.67. The number of nitrogens with zero attached hydrogens (tertiary/aromatic N) is 1. The molecule has 3 nitrogen and oxygen atoms in total. The van der Waals surface area contributed by atoms with Gasteiger partial charge in [0.05, 0.1) is 0 Å². The predicted octanol–water partition coefficient (Wildman–Crippen LogP) is 0.975. The summed E-state index contributed by atoms with van der Waals surface area (Å²) >= 11 is 0. The topological polar surface area (TPSA) is 35.5 Å². The number of rotatable bonds is 3. The number of hydrogen-bond donors (Lipinski definition) is 2. The van der Waals surface area contributed by atoms with Crippen molar-refractivity contribution in [2.24, 2.45) is 0 Å². The Labute approximate surface area is 92.8 Å². The fourth-order valence-corrected chi connectivity index (χ4v) is 3.09. The zero-order chi connectivity index (χ0) is 10.5. The van der Waals surface area contributed by atoms with E-state index in [2.05, 4.69) is 10.2 Å². The maximum absolute atomic E-state index is 9.12. The van der Waals surface area contributed by atoms with Gasteiger partial charge in [-0.05, 0) is 38.8 Å².